The van der Waals surface area contributed by atoms with Crippen molar-refractivity contribution in [1.29, 1.82) is 0 Å². The number of likely N-dealkylation sites (N-methyl/N-ethyl adjacent to an activating group) is 1. The van der Waals surface area contributed by atoms with E-state index in [4.69, 9.17) is 4.98 Å². The summed E-state index contributed by atoms with van der Waals surface area (Å²) < 4.78 is 2.15. The number of benzene rings is 2. The number of aryl methyl sites for hydroxylation is 2. The highest BCUT2D eigenvalue weighted by atomic mass is 16.1. The molecule has 0 atom stereocenters. The fourth-order valence-corrected chi connectivity index (χ4v) is 3.32. The van der Waals surface area contributed by atoms with Crippen LogP contribution in [0.3, 0.4) is 0 Å². The first kappa shape index (κ1) is 15.8. The second kappa shape index (κ2) is 5.70. The summed E-state index contributed by atoms with van der Waals surface area (Å²) in [5.41, 5.74) is 7.30. The number of aromatic amines is 1. The van der Waals surface area contributed by atoms with Gasteiger partial charge in [-0.25, -0.2) is 4.98 Å². The van der Waals surface area contributed by atoms with Gasteiger partial charge in [0, 0.05) is 24.5 Å². The predicted molar refractivity (Wildman–Crippen MR) is 103 cm³/mol. The second-order valence-corrected chi connectivity index (χ2v) is 7.02. The molecular weight excluding hydrogens is 312 g/mol. The lowest BCUT2D eigenvalue weighted by Gasteiger charge is -2.12. The average Bonchev–Trinajstić information content (AvgIpc) is 2.84. The Labute approximate surface area is 145 Å². The minimum absolute atomic E-state index is 0.0256. The van der Waals surface area contributed by atoms with Crippen molar-refractivity contribution in [3.63, 3.8) is 0 Å². The molecule has 2 aromatic carbocycles. The Hall–Kier alpha value is -2.66. The Balaban J connectivity index is 2.10. The molecule has 0 radical (unpaired) electrons. The molecule has 0 aliphatic rings. The molecule has 0 amide bonds. The SMILES string of the molecule is Cc1cc2nc3c([nH]c2cc1C)c1ccc(=O)cc1n3CCN(C)C. The fourth-order valence-electron chi connectivity index (χ4n) is 3.32. The van der Waals surface area contributed by atoms with Gasteiger partial charge in [-0.2, -0.15) is 0 Å². The topological polar surface area (TPSA) is 53.9 Å². The molecule has 0 bridgehead atoms. The van der Waals surface area contributed by atoms with Crippen molar-refractivity contribution >= 4 is 33.1 Å². The van der Waals surface area contributed by atoms with Crippen molar-refractivity contribution in [2.45, 2.75) is 20.4 Å². The minimum atomic E-state index is 0.0256. The van der Waals surface area contributed by atoms with E-state index in [0.29, 0.717) is 0 Å². The van der Waals surface area contributed by atoms with Gasteiger partial charge in [-0.1, -0.05) is 0 Å². The van der Waals surface area contributed by atoms with Crippen LogP contribution in [0.25, 0.3) is 33.1 Å². The molecule has 4 rings (SSSR count). The van der Waals surface area contributed by atoms with E-state index in [9.17, 15) is 4.79 Å². The van der Waals surface area contributed by atoms with Crippen LogP contribution in [0.15, 0.2) is 35.1 Å². The third-order valence-electron chi connectivity index (χ3n) is 4.88. The molecule has 0 saturated carbocycles. The Morgan fingerprint density at radius 2 is 1.88 bits per heavy atom. The zero-order chi connectivity index (χ0) is 17.7. The first-order valence-electron chi connectivity index (χ1n) is 8.52. The third-order valence-corrected chi connectivity index (χ3v) is 4.88. The second-order valence-electron chi connectivity index (χ2n) is 7.02. The average molecular weight is 334 g/mol. The van der Waals surface area contributed by atoms with E-state index in [1.54, 1.807) is 12.1 Å². The predicted octanol–water partition coefficient (Wildman–Crippen LogP) is 3.21. The molecule has 5 heteroatoms. The van der Waals surface area contributed by atoms with Crippen molar-refractivity contribution in [3.8, 4) is 0 Å². The van der Waals surface area contributed by atoms with Crippen LogP contribution in [0.4, 0.5) is 0 Å². The number of nitrogens with one attached hydrogen (secondary N) is 1. The van der Waals surface area contributed by atoms with E-state index in [-0.39, 0.29) is 5.43 Å². The molecule has 1 N–H and O–H groups in total. The molecular formula is C20H22N4O. The maximum absolute atomic E-state index is 11.9. The molecule has 5 nitrogen and oxygen atoms in total. The fraction of sp³-hybridized carbons (Fsp3) is 0.300. The van der Waals surface area contributed by atoms with Gasteiger partial charge in [0.05, 0.1) is 22.1 Å². The molecule has 128 valence electrons. The van der Waals surface area contributed by atoms with E-state index in [1.807, 2.05) is 20.2 Å². The molecule has 0 aliphatic heterocycles. The third kappa shape index (κ3) is 2.61. The largest absolute Gasteiger partial charge is 0.350 e. The van der Waals surface area contributed by atoms with Crippen LogP contribution in [0.2, 0.25) is 0 Å². The Morgan fingerprint density at radius 1 is 1.12 bits per heavy atom. The van der Waals surface area contributed by atoms with Crippen LogP contribution in [-0.4, -0.2) is 40.1 Å². The van der Waals surface area contributed by atoms with Gasteiger partial charge >= 0.3 is 0 Å². The van der Waals surface area contributed by atoms with Crippen molar-refractivity contribution in [2.75, 3.05) is 20.6 Å². The summed E-state index contributed by atoms with van der Waals surface area (Å²) in [6.45, 7) is 5.88. The standard InChI is InChI=1S/C20H22N4O/c1-12-9-16-17(10-13(12)2)22-20-19(21-16)15-6-5-14(25)11-18(15)24(20)8-7-23(3)4/h5-6,9-11,21H,7-8H2,1-4H3. The number of nitrogens with zero attached hydrogens (tertiary/aromatic N) is 3. The van der Waals surface area contributed by atoms with Gasteiger partial charge in [0.25, 0.3) is 0 Å². The van der Waals surface area contributed by atoms with Gasteiger partial charge in [-0.05, 0) is 63.3 Å². The number of aromatic nitrogens is 3. The number of fused-ring (bicyclic) bond motifs is 4. The van der Waals surface area contributed by atoms with Gasteiger partial charge in [-0.15, -0.1) is 0 Å². The maximum Gasteiger partial charge on any atom is 0.180 e. The van der Waals surface area contributed by atoms with E-state index in [1.165, 1.54) is 11.1 Å². The Bertz CT molecular complexity index is 1170. The molecule has 0 saturated heterocycles. The number of H-pyrrole nitrogens is 1. The molecule has 2 heterocycles. The Morgan fingerprint density at radius 3 is 2.64 bits per heavy atom. The zero-order valence-corrected chi connectivity index (χ0v) is 15.1. The van der Waals surface area contributed by atoms with Crippen LogP contribution < -0.4 is 5.43 Å². The number of hydrogen-bond donors (Lipinski definition) is 1. The molecule has 0 unspecified atom stereocenters. The lowest BCUT2D eigenvalue weighted by atomic mass is 10.1. The molecule has 2 aromatic heterocycles. The van der Waals surface area contributed by atoms with Gasteiger partial charge < -0.3 is 14.5 Å². The van der Waals surface area contributed by atoms with E-state index < -0.39 is 0 Å². The summed E-state index contributed by atoms with van der Waals surface area (Å²) in [6, 6.07) is 9.49. The van der Waals surface area contributed by atoms with Gasteiger partial charge in [-0.3, -0.25) is 4.79 Å². The van der Waals surface area contributed by atoms with Crippen LogP contribution in [0, 0.1) is 13.8 Å². The highest BCUT2D eigenvalue weighted by Crippen LogP contribution is 2.28. The van der Waals surface area contributed by atoms with Crippen LogP contribution in [0.1, 0.15) is 11.1 Å². The van der Waals surface area contributed by atoms with Crippen LogP contribution in [-0.2, 0) is 6.54 Å². The molecule has 0 spiro atoms. The van der Waals surface area contributed by atoms with E-state index in [0.717, 1.165) is 46.2 Å². The normalized spacial score (nSPS) is 12.0. The maximum atomic E-state index is 11.9. The molecule has 25 heavy (non-hydrogen) atoms. The zero-order valence-electron chi connectivity index (χ0n) is 15.1. The van der Waals surface area contributed by atoms with Crippen molar-refractivity contribution in [1.82, 2.24) is 19.4 Å². The highest BCUT2D eigenvalue weighted by Gasteiger charge is 2.14. The van der Waals surface area contributed by atoms with Crippen molar-refractivity contribution in [3.05, 3.63) is 51.7 Å². The molecule has 0 fully saturated rings. The Kier molecular flexibility index (Phi) is 3.62. The summed E-state index contributed by atoms with van der Waals surface area (Å²) in [5.74, 6) is 0. The van der Waals surface area contributed by atoms with Gasteiger partial charge in [0.2, 0.25) is 0 Å². The van der Waals surface area contributed by atoms with Crippen molar-refractivity contribution < 1.29 is 0 Å². The number of rotatable bonds is 3. The molecule has 0 aliphatic carbocycles. The van der Waals surface area contributed by atoms with Gasteiger partial charge in [0.1, 0.15) is 0 Å². The lowest BCUT2D eigenvalue weighted by Crippen LogP contribution is -2.18. The smallest absolute Gasteiger partial charge is 0.180 e. The first-order chi connectivity index (χ1) is 11.9. The summed E-state index contributed by atoms with van der Waals surface area (Å²) in [7, 11) is 4.10. The highest BCUT2D eigenvalue weighted by molar-refractivity contribution is 6.06. The summed E-state index contributed by atoms with van der Waals surface area (Å²) >= 11 is 0. The summed E-state index contributed by atoms with van der Waals surface area (Å²) in [6.07, 6.45) is 0. The van der Waals surface area contributed by atoms with Crippen molar-refractivity contribution in [2.24, 2.45) is 0 Å². The summed E-state index contributed by atoms with van der Waals surface area (Å²) in [5, 5.41) is 1.04. The van der Waals surface area contributed by atoms with E-state index in [2.05, 4.69) is 40.4 Å². The minimum Gasteiger partial charge on any atom is -0.350 e. The lowest BCUT2D eigenvalue weighted by molar-refractivity contribution is 0.389. The first-order valence-corrected chi connectivity index (χ1v) is 8.52. The van der Waals surface area contributed by atoms with Crippen LogP contribution >= 0.6 is 0 Å². The number of hydrogen-bond acceptors (Lipinski definition) is 3. The monoisotopic (exact) mass is 334 g/mol. The summed E-state index contributed by atoms with van der Waals surface area (Å²) in [4.78, 5) is 22.5. The van der Waals surface area contributed by atoms with E-state index >= 15 is 0 Å². The molecule has 4 aromatic rings. The van der Waals surface area contributed by atoms with Crippen LogP contribution in [0.5, 0.6) is 0 Å². The quantitative estimate of drug-likeness (QED) is 0.626. The van der Waals surface area contributed by atoms with Gasteiger partial charge in [0.15, 0.2) is 11.1 Å².